The number of hydrogen-bond donors (Lipinski definition) is 1. The molecule has 0 spiro atoms. The standard InChI is InChI=1S/C12H10Cl2N2OS/c13-6-10-7-18-12(16-10)5-11(17)15-9-3-1-2-8(14)4-9/h1-4,7H,5-6H2,(H,15,17). The second-order valence-electron chi connectivity index (χ2n) is 3.60. The number of rotatable bonds is 4. The predicted octanol–water partition coefficient (Wildman–Crippen LogP) is 3.72. The van der Waals surface area contributed by atoms with Crippen LogP contribution in [-0.2, 0) is 17.1 Å². The summed E-state index contributed by atoms with van der Waals surface area (Å²) in [5, 5.41) is 5.97. The lowest BCUT2D eigenvalue weighted by Gasteiger charge is -2.03. The van der Waals surface area contributed by atoms with E-state index in [4.69, 9.17) is 23.2 Å². The molecular formula is C12H10Cl2N2OS. The molecule has 0 saturated heterocycles. The van der Waals surface area contributed by atoms with Gasteiger partial charge in [0.25, 0.3) is 0 Å². The molecule has 0 aliphatic rings. The molecular weight excluding hydrogens is 291 g/mol. The molecule has 0 bridgehead atoms. The minimum Gasteiger partial charge on any atom is -0.326 e. The second-order valence-corrected chi connectivity index (χ2v) is 5.25. The fraction of sp³-hybridized carbons (Fsp3) is 0.167. The molecule has 0 aliphatic carbocycles. The minimum atomic E-state index is -0.118. The number of benzene rings is 1. The van der Waals surface area contributed by atoms with Gasteiger partial charge >= 0.3 is 0 Å². The van der Waals surface area contributed by atoms with Crippen molar-refractivity contribution in [2.24, 2.45) is 0 Å². The maximum absolute atomic E-state index is 11.8. The minimum absolute atomic E-state index is 0.118. The molecule has 2 aromatic rings. The van der Waals surface area contributed by atoms with Gasteiger partial charge in [-0.15, -0.1) is 22.9 Å². The van der Waals surface area contributed by atoms with E-state index in [0.29, 0.717) is 16.6 Å². The maximum atomic E-state index is 11.8. The van der Waals surface area contributed by atoms with E-state index in [9.17, 15) is 4.79 Å². The first-order chi connectivity index (χ1) is 8.67. The Morgan fingerprint density at radius 1 is 1.44 bits per heavy atom. The van der Waals surface area contributed by atoms with Gasteiger partial charge in [0.05, 0.1) is 18.0 Å². The van der Waals surface area contributed by atoms with Gasteiger partial charge in [-0.05, 0) is 18.2 Å². The summed E-state index contributed by atoms with van der Waals surface area (Å²) in [5.74, 6) is 0.250. The molecule has 1 amide bonds. The van der Waals surface area contributed by atoms with Gasteiger partial charge in [-0.2, -0.15) is 0 Å². The van der Waals surface area contributed by atoms with Crippen molar-refractivity contribution in [3.05, 3.63) is 45.4 Å². The monoisotopic (exact) mass is 300 g/mol. The van der Waals surface area contributed by atoms with Crippen molar-refractivity contribution in [3.8, 4) is 0 Å². The Hall–Kier alpha value is -1.10. The maximum Gasteiger partial charge on any atom is 0.231 e. The quantitative estimate of drug-likeness (QED) is 0.875. The SMILES string of the molecule is O=C(Cc1nc(CCl)cs1)Nc1cccc(Cl)c1. The average molecular weight is 301 g/mol. The highest BCUT2D eigenvalue weighted by atomic mass is 35.5. The molecule has 0 fully saturated rings. The number of nitrogens with zero attached hydrogens (tertiary/aromatic N) is 1. The third-order valence-electron chi connectivity index (χ3n) is 2.16. The molecule has 3 nitrogen and oxygen atoms in total. The van der Waals surface area contributed by atoms with Crippen LogP contribution in [-0.4, -0.2) is 10.9 Å². The van der Waals surface area contributed by atoms with Gasteiger partial charge in [0.15, 0.2) is 0 Å². The lowest BCUT2D eigenvalue weighted by molar-refractivity contribution is -0.115. The van der Waals surface area contributed by atoms with Crippen molar-refractivity contribution < 1.29 is 4.79 Å². The zero-order valence-electron chi connectivity index (χ0n) is 9.32. The van der Waals surface area contributed by atoms with Crippen molar-refractivity contribution in [3.63, 3.8) is 0 Å². The predicted molar refractivity (Wildman–Crippen MR) is 75.5 cm³/mol. The first kappa shape index (κ1) is 13.3. The number of hydrogen-bond acceptors (Lipinski definition) is 3. The molecule has 0 unspecified atom stereocenters. The third-order valence-corrected chi connectivity index (χ3v) is 3.56. The van der Waals surface area contributed by atoms with E-state index in [2.05, 4.69) is 10.3 Å². The Balaban J connectivity index is 1.96. The molecule has 0 atom stereocenters. The Kier molecular flexibility index (Phi) is 4.58. The molecule has 94 valence electrons. The molecule has 2 rings (SSSR count). The van der Waals surface area contributed by atoms with Crippen molar-refractivity contribution in [2.45, 2.75) is 12.3 Å². The topological polar surface area (TPSA) is 42.0 Å². The first-order valence-electron chi connectivity index (χ1n) is 5.22. The lowest BCUT2D eigenvalue weighted by Crippen LogP contribution is -2.14. The number of aromatic nitrogens is 1. The molecule has 0 aliphatic heterocycles. The number of carbonyl (C=O) groups is 1. The van der Waals surface area contributed by atoms with E-state index in [1.165, 1.54) is 11.3 Å². The summed E-state index contributed by atoms with van der Waals surface area (Å²) in [6, 6.07) is 7.03. The van der Waals surface area contributed by atoms with Crippen molar-refractivity contribution in [1.29, 1.82) is 0 Å². The van der Waals surface area contributed by atoms with Gasteiger partial charge in [0.2, 0.25) is 5.91 Å². The Labute approximate surface area is 119 Å². The van der Waals surface area contributed by atoms with E-state index >= 15 is 0 Å². The van der Waals surface area contributed by atoms with Crippen molar-refractivity contribution >= 4 is 46.1 Å². The second kappa shape index (κ2) is 6.18. The van der Waals surface area contributed by atoms with E-state index in [-0.39, 0.29) is 12.3 Å². The summed E-state index contributed by atoms with van der Waals surface area (Å²) >= 11 is 12.9. The van der Waals surface area contributed by atoms with Crippen LogP contribution in [0, 0.1) is 0 Å². The summed E-state index contributed by atoms with van der Waals surface area (Å²) < 4.78 is 0. The van der Waals surface area contributed by atoms with Crippen LogP contribution in [0.5, 0.6) is 0 Å². The average Bonchev–Trinajstić information content (AvgIpc) is 2.76. The van der Waals surface area contributed by atoms with Crippen LogP contribution in [0.4, 0.5) is 5.69 Å². The van der Waals surface area contributed by atoms with E-state index < -0.39 is 0 Å². The fourth-order valence-electron chi connectivity index (χ4n) is 1.40. The molecule has 0 saturated carbocycles. The van der Waals surface area contributed by atoms with E-state index in [1.807, 2.05) is 5.38 Å². The number of nitrogens with one attached hydrogen (secondary N) is 1. The fourth-order valence-corrected chi connectivity index (χ4v) is 2.61. The molecule has 1 N–H and O–H groups in total. The van der Waals surface area contributed by atoms with Gasteiger partial charge < -0.3 is 5.32 Å². The summed E-state index contributed by atoms with van der Waals surface area (Å²) in [6.45, 7) is 0. The van der Waals surface area contributed by atoms with Gasteiger partial charge in [0.1, 0.15) is 5.01 Å². The highest BCUT2D eigenvalue weighted by Crippen LogP contribution is 2.16. The largest absolute Gasteiger partial charge is 0.326 e. The van der Waals surface area contributed by atoms with E-state index in [1.54, 1.807) is 24.3 Å². The van der Waals surface area contributed by atoms with Crippen LogP contribution < -0.4 is 5.32 Å². The Morgan fingerprint density at radius 3 is 2.94 bits per heavy atom. The molecule has 1 aromatic carbocycles. The lowest BCUT2D eigenvalue weighted by atomic mass is 10.3. The summed E-state index contributed by atoms with van der Waals surface area (Å²) in [6.07, 6.45) is 0.244. The van der Waals surface area contributed by atoms with Crippen molar-refractivity contribution in [1.82, 2.24) is 4.98 Å². The number of anilines is 1. The number of halogens is 2. The zero-order valence-corrected chi connectivity index (χ0v) is 11.6. The van der Waals surface area contributed by atoms with Crippen LogP contribution in [0.25, 0.3) is 0 Å². The number of alkyl halides is 1. The summed E-state index contributed by atoms with van der Waals surface area (Å²) in [5.41, 5.74) is 1.48. The molecule has 1 aromatic heterocycles. The highest BCUT2D eigenvalue weighted by Gasteiger charge is 2.08. The van der Waals surface area contributed by atoms with Crippen LogP contribution in [0.2, 0.25) is 5.02 Å². The molecule has 6 heteroatoms. The van der Waals surface area contributed by atoms with Crippen LogP contribution in [0.1, 0.15) is 10.7 Å². The van der Waals surface area contributed by atoms with Gasteiger partial charge in [-0.3, -0.25) is 4.79 Å². The molecule has 1 heterocycles. The number of thiazole rings is 1. The normalized spacial score (nSPS) is 10.3. The third kappa shape index (κ3) is 3.70. The number of carbonyl (C=O) groups excluding carboxylic acids is 1. The molecule has 0 radical (unpaired) electrons. The van der Waals surface area contributed by atoms with Crippen molar-refractivity contribution in [2.75, 3.05) is 5.32 Å². The number of amides is 1. The Morgan fingerprint density at radius 2 is 2.28 bits per heavy atom. The zero-order chi connectivity index (χ0) is 13.0. The van der Waals surface area contributed by atoms with Crippen LogP contribution in [0.3, 0.4) is 0 Å². The first-order valence-corrected chi connectivity index (χ1v) is 7.01. The van der Waals surface area contributed by atoms with Gasteiger partial charge in [-0.1, -0.05) is 17.7 Å². The summed E-state index contributed by atoms with van der Waals surface area (Å²) in [7, 11) is 0. The van der Waals surface area contributed by atoms with Crippen LogP contribution in [0.15, 0.2) is 29.6 Å². The van der Waals surface area contributed by atoms with Gasteiger partial charge in [0, 0.05) is 16.1 Å². The van der Waals surface area contributed by atoms with E-state index in [0.717, 1.165) is 10.7 Å². The smallest absolute Gasteiger partial charge is 0.231 e. The highest BCUT2D eigenvalue weighted by molar-refractivity contribution is 7.09. The Bertz CT molecular complexity index is 557. The van der Waals surface area contributed by atoms with Crippen LogP contribution >= 0.6 is 34.5 Å². The summed E-state index contributed by atoms with van der Waals surface area (Å²) in [4.78, 5) is 16.0. The molecule has 18 heavy (non-hydrogen) atoms. The van der Waals surface area contributed by atoms with Gasteiger partial charge in [-0.25, -0.2) is 4.98 Å².